The van der Waals surface area contributed by atoms with Crippen molar-refractivity contribution in [1.82, 2.24) is 10.2 Å². The third-order valence-corrected chi connectivity index (χ3v) is 5.03. The Morgan fingerprint density at radius 2 is 2.00 bits per heavy atom. The highest BCUT2D eigenvalue weighted by atomic mass is 35.5. The number of amides is 2. The van der Waals surface area contributed by atoms with Gasteiger partial charge in [-0.3, -0.25) is 9.59 Å². The zero-order valence-electron chi connectivity index (χ0n) is 14.1. The van der Waals surface area contributed by atoms with Crippen molar-refractivity contribution < 1.29 is 9.59 Å². The quantitative estimate of drug-likeness (QED) is 0.875. The number of para-hydroxylation sites is 1. The van der Waals surface area contributed by atoms with Gasteiger partial charge in [0.2, 0.25) is 11.8 Å². The predicted molar refractivity (Wildman–Crippen MR) is 97.5 cm³/mol. The number of hydrogen-bond donors (Lipinski definition) is 2. The number of nitrogens with one attached hydrogen (secondary N) is 2. The fourth-order valence-electron chi connectivity index (χ4n) is 3.64. The summed E-state index contributed by atoms with van der Waals surface area (Å²) in [7, 11) is 1.98. The molecule has 2 aliphatic rings. The number of carbonyl (C=O) groups excluding carboxylic acids is 2. The monoisotopic (exact) mass is 351 g/mol. The van der Waals surface area contributed by atoms with Crippen LogP contribution in [-0.2, 0) is 9.59 Å². The summed E-state index contributed by atoms with van der Waals surface area (Å²) in [4.78, 5) is 26.8. The summed E-state index contributed by atoms with van der Waals surface area (Å²) in [6, 6.07) is 7.65. The van der Waals surface area contributed by atoms with Crippen LogP contribution in [0.4, 0.5) is 5.69 Å². The lowest BCUT2D eigenvalue weighted by atomic mass is 9.87. The second-order valence-electron chi connectivity index (χ2n) is 6.55. The van der Waals surface area contributed by atoms with Gasteiger partial charge in [-0.25, -0.2) is 0 Å². The summed E-state index contributed by atoms with van der Waals surface area (Å²) in [5, 5.41) is 6.05. The van der Waals surface area contributed by atoms with E-state index in [-0.39, 0.29) is 36.6 Å². The van der Waals surface area contributed by atoms with Gasteiger partial charge in [-0.1, -0.05) is 18.2 Å². The smallest absolute Gasteiger partial charge is 0.230 e. The molecule has 2 amide bonds. The van der Waals surface area contributed by atoms with Crippen LogP contribution >= 0.6 is 12.4 Å². The number of fused-ring (bicyclic) bond motifs is 1. The Morgan fingerprint density at radius 1 is 1.29 bits per heavy atom. The number of piperidine rings is 1. The maximum atomic E-state index is 12.9. The van der Waals surface area contributed by atoms with E-state index in [4.69, 9.17) is 0 Å². The maximum absolute atomic E-state index is 12.9. The SMILES string of the molecule is CNCCC1CCN(C(=O)C2CC(=O)Nc3ccccc32)CC1.Cl. The number of hydrogen-bond acceptors (Lipinski definition) is 3. The molecule has 2 aliphatic heterocycles. The molecule has 0 bridgehead atoms. The molecule has 0 spiro atoms. The van der Waals surface area contributed by atoms with Gasteiger partial charge >= 0.3 is 0 Å². The van der Waals surface area contributed by atoms with Crippen molar-refractivity contribution in [1.29, 1.82) is 0 Å². The summed E-state index contributed by atoms with van der Waals surface area (Å²) in [6.45, 7) is 2.66. The van der Waals surface area contributed by atoms with Crippen molar-refractivity contribution in [3.63, 3.8) is 0 Å². The van der Waals surface area contributed by atoms with E-state index in [0.29, 0.717) is 5.92 Å². The molecule has 0 aromatic heterocycles. The van der Waals surface area contributed by atoms with E-state index < -0.39 is 0 Å². The molecule has 0 aliphatic carbocycles. The first-order chi connectivity index (χ1) is 11.2. The van der Waals surface area contributed by atoms with E-state index in [1.54, 1.807) is 0 Å². The highest BCUT2D eigenvalue weighted by Gasteiger charge is 2.34. The molecule has 5 nitrogen and oxygen atoms in total. The minimum absolute atomic E-state index is 0. The normalized spacial score (nSPS) is 20.8. The zero-order valence-corrected chi connectivity index (χ0v) is 14.9. The standard InChI is InChI=1S/C18H25N3O2.ClH/c1-19-9-6-13-7-10-21(11-8-13)18(23)15-12-17(22)20-16-5-3-2-4-14(15)16;/h2-5,13,15,19H,6-12H2,1H3,(H,20,22);1H. The number of nitrogens with zero attached hydrogens (tertiary/aromatic N) is 1. The molecular weight excluding hydrogens is 326 g/mol. The summed E-state index contributed by atoms with van der Waals surface area (Å²) in [5.41, 5.74) is 1.74. The minimum Gasteiger partial charge on any atom is -0.342 e. The van der Waals surface area contributed by atoms with Gasteiger partial charge < -0.3 is 15.5 Å². The first-order valence-corrected chi connectivity index (χ1v) is 8.51. The summed E-state index contributed by atoms with van der Waals surface area (Å²) in [6.07, 6.45) is 3.56. The van der Waals surface area contributed by atoms with Crippen LogP contribution in [0.25, 0.3) is 0 Å². The number of rotatable bonds is 4. The lowest BCUT2D eigenvalue weighted by Gasteiger charge is -2.35. The lowest BCUT2D eigenvalue weighted by Crippen LogP contribution is -2.43. The first-order valence-electron chi connectivity index (χ1n) is 8.51. The van der Waals surface area contributed by atoms with Crippen molar-refractivity contribution in [3.8, 4) is 0 Å². The Labute approximate surface area is 149 Å². The summed E-state index contributed by atoms with van der Waals surface area (Å²) in [5.74, 6) is 0.424. The summed E-state index contributed by atoms with van der Waals surface area (Å²) < 4.78 is 0. The van der Waals surface area contributed by atoms with Gasteiger partial charge in [0.25, 0.3) is 0 Å². The van der Waals surface area contributed by atoms with Crippen LogP contribution in [0.2, 0.25) is 0 Å². The van der Waals surface area contributed by atoms with Gasteiger partial charge in [-0.2, -0.15) is 0 Å². The fourth-order valence-corrected chi connectivity index (χ4v) is 3.64. The van der Waals surface area contributed by atoms with Crippen LogP contribution in [0, 0.1) is 5.92 Å². The molecule has 0 radical (unpaired) electrons. The average Bonchev–Trinajstić information content (AvgIpc) is 2.59. The largest absolute Gasteiger partial charge is 0.342 e. The van der Waals surface area contributed by atoms with Crippen LogP contribution in [0.5, 0.6) is 0 Å². The zero-order chi connectivity index (χ0) is 16.2. The summed E-state index contributed by atoms with van der Waals surface area (Å²) >= 11 is 0. The Kier molecular flexibility index (Phi) is 6.63. The fraction of sp³-hybridized carbons (Fsp3) is 0.556. The van der Waals surface area contributed by atoms with Crippen molar-refractivity contribution in [2.45, 2.75) is 31.6 Å². The van der Waals surface area contributed by atoms with Crippen molar-refractivity contribution in [2.75, 3.05) is 32.0 Å². The van der Waals surface area contributed by atoms with E-state index in [1.165, 1.54) is 6.42 Å². The Hall–Kier alpha value is -1.59. The maximum Gasteiger partial charge on any atom is 0.230 e. The molecule has 0 saturated carbocycles. The van der Waals surface area contributed by atoms with E-state index in [2.05, 4.69) is 10.6 Å². The average molecular weight is 352 g/mol. The minimum atomic E-state index is -0.325. The van der Waals surface area contributed by atoms with Gasteiger partial charge in [-0.05, 0) is 50.4 Å². The molecule has 1 aromatic rings. The third kappa shape index (κ3) is 4.08. The van der Waals surface area contributed by atoms with Gasteiger partial charge in [0.05, 0.1) is 5.92 Å². The molecule has 2 N–H and O–H groups in total. The Bertz CT molecular complexity index is 585. The third-order valence-electron chi connectivity index (χ3n) is 5.03. The van der Waals surface area contributed by atoms with Crippen LogP contribution in [-0.4, -0.2) is 43.4 Å². The number of carbonyl (C=O) groups is 2. The second-order valence-corrected chi connectivity index (χ2v) is 6.55. The molecule has 1 unspecified atom stereocenters. The molecule has 3 rings (SSSR count). The number of benzene rings is 1. The molecular formula is C18H26ClN3O2. The van der Waals surface area contributed by atoms with Gasteiger partial charge in [-0.15, -0.1) is 12.4 Å². The second kappa shape index (κ2) is 8.49. The predicted octanol–water partition coefficient (Wildman–Crippen LogP) is 2.38. The van der Waals surface area contributed by atoms with Crippen molar-refractivity contribution in [3.05, 3.63) is 29.8 Å². The van der Waals surface area contributed by atoms with E-state index in [0.717, 1.165) is 43.7 Å². The highest BCUT2D eigenvalue weighted by Crippen LogP contribution is 2.34. The van der Waals surface area contributed by atoms with Gasteiger partial charge in [0, 0.05) is 25.2 Å². The van der Waals surface area contributed by atoms with Crippen LogP contribution < -0.4 is 10.6 Å². The van der Waals surface area contributed by atoms with E-state index in [1.807, 2.05) is 36.2 Å². The van der Waals surface area contributed by atoms with Crippen LogP contribution in [0.3, 0.4) is 0 Å². The van der Waals surface area contributed by atoms with Gasteiger partial charge in [0.15, 0.2) is 0 Å². The molecule has 1 fully saturated rings. The molecule has 132 valence electrons. The molecule has 1 aromatic carbocycles. The Morgan fingerprint density at radius 3 is 2.71 bits per heavy atom. The van der Waals surface area contributed by atoms with Crippen LogP contribution in [0.1, 0.15) is 37.2 Å². The van der Waals surface area contributed by atoms with Crippen molar-refractivity contribution >= 4 is 29.9 Å². The number of halogens is 1. The Balaban J connectivity index is 0.00000208. The molecule has 6 heteroatoms. The van der Waals surface area contributed by atoms with E-state index >= 15 is 0 Å². The first kappa shape index (κ1) is 18.7. The van der Waals surface area contributed by atoms with Crippen LogP contribution in [0.15, 0.2) is 24.3 Å². The highest BCUT2D eigenvalue weighted by molar-refractivity contribution is 6.01. The molecule has 24 heavy (non-hydrogen) atoms. The van der Waals surface area contributed by atoms with E-state index in [9.17, 15) is 9.59 Å². The van der Waals surface area contributed by atoms with Crippen molar-refractivity contribution in [2.24, 2.45) is 5.92 Å². The lowest BCUT2D eigenvalue weighted by molar-refractivity contribution is -0.136. The number of likely N-dealkylation sites (tertiary alicyclic amines) is 1. The molecule has 1 saturated heterocycles. The van der Waals surface area contributed by atoms with Gasteiger partial charge in [0.1, 0.15) is 0 Å². The topological polar surface area (TPSA) is 61.4 Å². The molecule has 1 atom stereocenters. The molecule has 2 heterocycles. The number of anilines is 1.